The van der Waals surface area contributed by atoms with E-state index in [-0.39, 0.29) is 22.3 Å². The molecule has 4 rings (SSSR count). The summed E-state index contributed by atoms with van der Waals surface area (Å²) in [5.41, 5.74) is 1.28. The molecule has 0 unspecified atom stereocenters. The fraction of sp³-hybridized carbons (Fsp3) is 0.125. The zero-order valence-electron chi connectivity index (χ0n) is 16.9. The Hall–Kier alpha value is -3.32. The van der Waals surface area contributed by atoms with Crippen LogP contribution in [0.5, 0.6) is 0 Å². The monoisotopic (exact) mass is 439 g/mol. The Morgan fingerprint density at radius 2 is 1.55 bits per heavy atom. The average Bonchev–Trinajstić information content (AvgIpc) is 2.73. The van der Waals surface area contributed by atoms with Crippen LogP contribution in [0.15, 0.2) is 81.4 Å². The van der Waals surface area contributed by atoms with Crippen molar-refractivity contribution in [1.29, 1.82) is 0 Å². The first-order valence-electron chi connectivity index (χ1n) is 9.57. The minimum atomic E-state index is -4.20. The van der Waals surface area contributed by atoms with E-state index >= 15 is 0 Å². The summed E-state index contributed by atoms with van der Waals surface area (Å²) in [6.07, 6.45) is 1.21. The second-order valence-electron chi connectivity index (χ2n) is 7.49. The molecule has 7 heteroatoms. The zero-order valence-corrected chi connectivity index (χ0v) is 17.7. The number of benzene rings is 3. The molecule has 4 nitrogen and oxygen atoms in total. The molecule has 4 aromatic rings. The first-order chi connectivity index (χ1) is 14.7. The van der Waals surface area contributed by atoms with Crippen molar-refractivity contribution < 1.29 is 17.2 Å². The van der Waals surface area contributed by atoms with Gasteiger partial charge in [-0.25, -0.2) is 17.2 Å². The van der Waals surface area contributed by atoms with Crippen LogP contribution in [0.3, 0.4) is 0 Å². The van der Waals surface area contributed by atoms with Gasteiger partial charge in [-0.15, -0.1) is 0 Å². The standard InChI is InChI=1S/C24H19F2NO3S/c1-15-8-9-16(2)22(10-15)31(29,30)23-14-27(13-17-6-4-3-5-7-17)21-12-20(26)19(25)11-18(21)24(23)28/h3-12,14H,13H2,1-2H3. The lowest BCUT2D eigenvalue weighted by atomic mass is 10.1. The Labute approximate surface area is 178 Å². The maximum absolute atomic E-state index is 14.0. The van der Waals surface area contributed by atoms with Crippen molar-refractivity contribution in [2.45, 2.75) is 30.2 Å². The van der Waals surface area contributed by atoms with Gasteiger partial charge < -0.3 is 4.57 Å². The molecule has 0 spiro atoms. The fourth-order valence-corrected chi connectivity index (χ4v) is 5.27. The Kier molecular flexibility index (Phi) is 5.23. The predicted octanol–water partition coefficient (Wildman–Crippen LogP) is 4.78. The fourth-order valence-electron chi connectivity index (χ4n) is 3.58. The molecule has 3 aromatic carbocycles. The van der Waals surface area contributed by atoms with E-state index in [0.717, 1.165) is 23.3 Å². The molecule has 0 bridgehead atoms. The molecule has 0 amide bonds. The number of hydrogen-bond acceptors (Lipinski definition) is 3. The summed E-state index contributed by atoms with van der Waals surface area (Å²) in [7, 11) is -4.20. The Balaban J connectivity index is 2.04. The molecule has 0 N–H and O–H groups in total. The SMILES string of the molecule is Cc1ccc(C)c(S(=O)(=O)c2cn(Cc3ccccc3)c3cc(F)c(F)cc3c2=O)c1. The summed E-state index contributed by atoms with van der Waals surface area (Å²) >= 11 is 0. The molecule has 0 aliphatic rings. The third kappa shape index (κ3) is 3.77. The summed E-state index contributed by atoms with van der Waals surface area (Å²) in [5.74, 6) is -2.32. The number of halogens is 2. The summed E-state index contributed by atoms with van der Waals surface area (Å²) < 4.78 is 56.3. The Morgan fingerprint density at radius 1 is 0.871 bits per heavy atom. The van der Waals surface area contributed by atoms with Gasteiger partial charge in [0.1, 0.15) is 4.90 Å². The van der Waals surface area contributed by atoms with E-state index in [1.165, 1.54) is 16.8 Å². The number of aromatic nitrogens is 1. The van der Waals surface area contributed by atoms with Crippen molar-refractivity contribution in [1.82, 2.24) is 4.57 Å². The Morgan fingerprint density at radius 3 is 2.26 bits per heavy atom. The summed E-state index contributed by atoms with van der Waals surface area (Å²) in [5, 5.41) is -0.193. The number of pyridine rings is 1. The smallest absolute Gasteiger partial charge is 0.212 e. The predicted molar refractivity (Wildman–Crippen MR) is 115 cm³/mol. The van der Waals surface area contributed by atoms with Crippen LogP contribution in [0.25, 0.3) is 10.9 Å². The molecule has 31 heavy (non-hydrogen) atoms. The molecule has 0 atom stereocenters. The zero-order chi connectivity index (χ0) is 22.3. The van der Waals surface area contributed by atoms with E-state index in [2.05, 4.69) is 0 Å². The van der Waals surface area contributed by atoms with Gasteiger partial charge in [0.2, 0.25) is 15.3 Å². The molecule has 0 radical (unpaired) electrons. The van der Waals surface area contributed by atoms with Crippen LogP contribution >= 0.6 is 0 Å². The third-order valence-electron chi connectivity index (χ3n) is 5.21. The largest absolute Gasteiger partial charge is 0.341 e. The van der Waals surface area contributed by atoms with Crippen LogP contribution in [-0.2, 0) is 16.4 Å². The van der Waals surface area contributed by atoms with Crippen molar-refractivity contribution in [3.05, 3.63) is 105 Å². The highest BCUT2D eigenvalue weighted by atomic mass is 32.2. The highest BCUT2D eigenvalue weighted by Gasteiger charge is 2.26. The first-order valence-corrected chi connectivity index (χ1v) is 11.1. The molecular formula is C24H19F2NO3S. The van der Waals surface area contributed by atoms with E-state index in [0.29, 0.717) is 5.56 Å². The molecular weight excluding hydrogens is 420 g/mol. The van der Waals surface area contributed by atoms with Crippen LogP contribution in [0.2, 0.25) is 0 Å². The van der Waals surface area contributed by atoms with Crippen molar-refractivity contribution in [2.24, 2.45) is 0 Å². The van der Waals surface area contributed by atoms with Gasteiger partial charge in [0.15, 0.2) is 11.6 Å². The number of rotatable bonds is 4. The molecule has 0 saturated carbocycles. The van der Waals surface area contributed by atoms with E-state index < -0.39 is 31.8 Å². The van der Waals surface area contributed by atoms with Gasteiger partial charge in [0.25, 0.3) is 0 Å². The van der Waals surface area contributed by atoms with E-state index in [1.807, 2.05) is 30.3 Å². The minimum Gasteiger partial charge on any atom is -0.341 e. The minimum absolute atomic E-state index is 0.0118. The lowest BCUT2D eigenvalue weighted by molar-refractivity contribution is 0.510. The van der Waals surface area contributed by atoms with Gasteiger partial charge >= 0.3 is 0 Å². The van der Waals surface area contributed by atoms with E-state index in [9.17, 15) is 22.0 Å². The topological polar surface area (TPSA) is 56.1 Å². The van der Waals surface area contributed by atoms with E-state index in [1.54, 1.807) is 26.0 Å². The maximum Gasteiger partial charge on any atom is 0.212 e. The highest BCUT2D eigenvalue weighted by Crippen LogP contribution is 2.26. The lowest BCUT2D eigenvalue weighted by Gasteiger charge is -2.15. The highest BCUT2D eigenvalue weighted by molar-refractivity contribution is 7.91. The quantitative estimate of drug-likeness (QED) is 0.460. The van der Waals surface area contributed by atoms with Gasteiger partial charge in [-0.1, -0.05) is 42.5 Å². The maximum atomic E-state index is 14.0. The number of fused-ring (bicyclic) bond motifs is 1. The van der Waals surface area contributed by atoms with Gasteiger partial charge in [0.05, 0.1) is 15.8 Å². The lowest BCUT2D eigenvalue weighted by Crippen LogP contribution is -2.20. The first kappa shape index (κ1) is 20.9. The van der Waals surface area contributed by atoms with Crippen molar-refractivity contribution in [2.75, 3.05) is 0 Å². The van der Waals surface area contributed by atoms with Gasteiger partial charge in [-0.2, -0.15) is 0 Å². The van der Waals surface area contributed by atoms with Crippen LogP contribution in [0.4, 0.5) is 8.78 Å². The van der Waals surface area contributed by atoms with Gasteiger partial charge in [-0.05, 0) is 42.7 Å². The van der Waals surface area contributed by atoms with Crippen molar-refractivity contribution in [3.63, 3.8) is 0 Å². The van der Waals surface area contributed by atoms with Crippen LogP contribution in [-0.4, -0.2) is 13.0 Å². The van der Waals surface area contributed by atoms with Crippen LogP contribution in [0.1, 0.15) is 16.7 Å². The second kappa shape index (κ2) is 7.74. The van der Waals surface area contributed by atoms with E-state index in [4.69, 9.17) is 0 Å². The summed E-state index contributed by atoms with van der Waals surface area (Å²) in [4.78, 5) is 12.7. The van der Waals surface area contributed by atoms with Gasteiger partial charge in [0, 0.05) is 18.8 Å². The number of hydrogen-bond donors (Lipinski definition) is 0. The summed E-state index contributed by atoms with van der Waals surface area (Å²) in [6, 6.07) is 15.7. The molecule has 1 heterocycles. The number of aryl methyl sites for hydroxylation is 2. The van der Waals surface area contributed by atoms with Crippen molar-refractivity contribution >= 4 is 20.7 Å². The van der Waals surface area contributed by atoms with Crippen LogP contribution in [0, 0.1) is 25.5 Å². The Bertz CT molecular complexity index is 1480. The molecule has 1 aromatic heterocycles. The molecule has 0 aliphatic heterocycles. The number of sulfone groups is 1. The molecule has 158 valence electrons. The molecule has 0 aliphatic carbocycles. The van der Waals surface area contributed by atoms with Gasteiger partial charge in [-0.3, -0.25) is 4.79 Å². The molecule has 0 fully saturated rings. The molecule has 0 saturated heterocycles. The average molecular weight is 439 g/mol. The summed E-state index contributed by atoms with van der Waals surface area (Å²) in [6.45, 7) is 3.58. The van der Waals surface area contributed by atoms with Crippen LogP contribution < -0.4 is 5.43 Å². The normalized spacial score (nSPS) is 11.7. The third-order valence-corrected chi connectivity index (χ3v) is 7.10. The second-order valence-corrected chi connectivity index (χ2v) is 9.38. The van der Waals surface area contributed by atoms with Crippen molar-refractivity contribution in [3.8, 4) is 0 Å². The number of nitrogens with zero attached hydrogens (tertiary/aromatic N) is 1.